The summed E-state index contributed by atoms with van der Waals surface area (Å²) in [5.41, 5.74) is 5.11. The molecule has 1 aliphatic carbocycles. The molecule has 1 aromatic carbocycles. The number of nitrogens with one attached hydrogen (secondary N) is 1. The van der Waals surface area contributed by atoms with E-state index in [1.807, 2.05) is 20.8 Å². The highest BCUT2D eigenvalue weighted by Crippen LogP contribution is 2.34. The van der Waals surface area contributed by atoms with Crippen molar-refractivity contribution >= 4 is 29.1 Å². The standard InChI is InChI=1S/C22H30F2N4O4/c1-22(2,3)12-28(13-4-5-13)18(20(25)30)21(31)26-16-7-6-14(10-15(16)19(23)24)27-8-9-32-11-17(27)29/h6-7,10,13,18-19H,4-5,8-9,11-12H2,1-3H3,(H2,25,30)(H,26,31)/t18-/m0/s1. The number of halogens is 2. The number of ether oxygens (including phenoxy) is 1. The van der Waals surface area contributed by atoms with Gasteiger partial charge in [0.1, 0.15) is 6.61 Å². The minimum absolute atomic E-state index is 0.0572. The van der Waals surface area contributed by atoms with Crippen LogP contribution in [0.4, 0.5) is 20.2 Å². The molecule has 1 heterocycles. The van der Waals surface area contributed by atoms with E-state index in [9.17, 15) is 23.2 Å². The molecule has 3 rings (SSSR count). The van der Waals surface area contributed by atoms with Crippen LogP contribution in [0.5, 0.6) is 0 Å². The molecular weight excluding hydrogens is 422 g/mol. The Kier molecular flexibility index (Phi) is 7.14. The van der Waals surface area contributed by atoms with Gasteiger partial charge in [0.2, 0.25) is 5.91 Å². The molecule has 10 heteroatoms. The summed E-state index contributed by atoms with van der Waals surface area (Å²) in [5.74, 6) is -1.90. The summed E-state index contributed by atoms with van der Waals surface area (Å²) >= 11 is 0. The van der Waals surface area contributed by atoms with Gasteiger partial charge in [-0.3, -0.25) is 19.3 Å². The molecule has 3 amide bonds. The highest BCUT2D eigenvalue weighted by molar-refractivity contribution is 6.10. The van der Waals surface area contributed by atoms with Crippen LogP contribution in [0.2, 0.25) is 0 Å². The van der Waals surface area contributed by atoms with Crippen LogP contribution in [-0.2, 0) is 19.1 Å². The zero-order chi connectivity index (χ0) is 23.6. The van der Waals surface area contributed by atoms with Crippen molar-refractivity contribution in [3.05, 3.63) is 23.8 Å². The second kappa shape index (κ2) is 9.50. The molecule has 0 radical (unpaired) electrons. The number of hydrogen-bond acceptors (Lipinski definition) is 5. The van der Waals surface area contributed by atoms with Gasteiger partial charge in [-0.15, -0.1) is 0 Å². The number of morpholine rings is 1. The van der Waals surface area contributed by atoms with Crippen molar-refractivity contribution in [1.29, 1.82) is 0 Å². The maximum atomic E-state index is 13.8. The molecule has 1 aromatic rings. The molecule has 0 unspecified atom stereocenters. The van der Waals surface area contributed by atoms with Gasteiger partial charge in [0, 0.05) is 36.1 Å². The zero-order valence-electron chi connectivity index (χ0n) is 18.6. The second-order valence-corrected chi connectivity index (χ2v) is 9.43. The van der Waals surface area contributed by atoms with Crippen molar-refractivity contribution in [2.75, 3.05) is 36.5 Å². The van der Waals surface area contributed by atoms with Crippen LogP contribution in [-0.4, -0.2) is 61.0 Å². The van der Waals surface area contributed by atoms with E-state index in [1.54, 1.807) is 4.90 Å². The Balaban J connectivity index is 1.85. The molecule has 0 aromatic heterocycles. The first-order valence-electron chi connectivity index (χ1n) is 10.6. The Morgan fingerprint density at radius 1 is 1.31 bits per heavy atom. The quantitative estimate of drug-likeness (QED) is 0.589. The minimum Gasteiger partial charge on any atom is -0.370 e. The van der Waals surface area contributed by atoms with E-state index >= 15 is 0 Å². The Labute approximate surface area is 186 Å². The van der Waals surface area contributed by atoms with Crippen LogP contribution in [0.25, 0.3) is 0 Å². The van der Waals surface area contributed by atoms with Gasteiger partial charge in [-0.25, -0.2) is 8.78 Å². The molecule has 176 valence electrons. The zero-order valence-corrected chi connectivity index (χ0v) is 18.6. The van der Waals surface area contributed by atoms with Crippen LogP contribution >= 0.6 is 0 Å². The third-order valence-corrected chi connectivity index (χ3v) is 5.35. The highest BCUT2D eigenvalue weighted by Gasteiger charge is 2.42. The van der Waals surface area contributed by atoms with E-state index < -0.39 is 29.8 Å². The van der Waals surface area contributed by atoms with Crippen molar-refractivity contribution in [3.8, 4) is 0 Å². The molecule has 0 spiro atoms. The number of benzene rings is 1. The van der Waals surface area contributed by atoms with Crippen LogP contribution in [0.1, 0.15) is 45.6 Å². The number of rotatable bonds is 8. The molecule has 32 heavy (non-hydrogen) atoms. The van der Waals surface area contributed by atoms with E-state index in [0.29, 0.717) is 18.8 Å². The normalized spacial score (nSPS) is 18.2. The first kappa shape index (κ1) is 24.1. The lowest BCUT2D eigenvalue weighted by molar-refractivity contribution is -0.133. The highest BCUT2D eigenvalue weighted by atomic mass is 19.3. The van der Waals surface area contributed by atoms with Crippen LogP contribution < -0.4 is 16.0 Å². The summed E-state index contributed by atoms with van der Waals surface area (Å²) < 4.78 is 32.7. The van der Waals surface area contributed by atoms with Crippen molar-refractivity contribution < 1.29 is 27.9 Å². The molecule has 0 bridgehead atoms. The lowest BCUT2D eigenvalue weighted by Crippen LogP contribution is -2.55. The number of hydrogen-bond donors (Lipinski definition) is 2. The van der Waals surface area contributed by atoms with Gasteiger partial charge >= 0.3 is 0 Å². The SMILES string of the molecule is CC(C)(C)CN(C1CC1)[C@@H](C(N)=O)C(=O)Nc1ccc(N2CCOCC2=O)cc1C(F)F. The third kappa shape index (κ3) is 5.80. The average Bonchev–Trinajstić information content (AvgIpc) is 3.52. The number of anilines is 2. The van der Waals surface area contributed by atoms with E-state index in [4.69, 9.17) is 10.5 Å². The number of nitrogens with two attached hydrogens (primary N) is 1. The van der Waals surface area contributed by atoms with Crippen LogP contribution in [0.3, 0.4) is 0 Å². The molecule has 1 aliphatic heterocycles. The average molecular weight is 453 g/mol. The van der Waals surface area contributed by atoms with Gasteiger partial charge in [0.05, 0.1) is 6.61 Å². The molecule has 1 saturated heterocycles. The molecular formula is C22H30F2N4O4. The topological polar surface area (TPSA) is 105 Å². The summed E-state index contributed by atoms with van der Waals surface area (Å²) in [4.78, 5) is 40.4. The first-order chi connectivity index (χ1) is 15.0. The second-order valence-electron chi connectivity index (χ2n) is 9.43. The van der Waals surface area contributed by atoms with Crippen molar-refractivity contribution in [3.63, 3.8) is 0 Å². The van der Waals surface area contributed by atoms with Gasteiger partial charge in [-0.2, -0.15) is 0 Å². The van der Waals surface area contributed by atoms with Gasteiger partial charge in [0.25, 0.3) is 18.2 Å². The maximum absolute atomic E-state index is 13.8. The fourth-order valence-electron chi connectivity index (χ4n) is 3.83. The molecule has 3 N–H and O–H groups in total. The minimum atomic E-state index is -2.90. The van der Waals surface area contributed by atoms with Gasteiger partial charge < -0.3 is 20.7 Å². The summed E-state index contributed by atoms with van der Waals surface area (Å²) in [6.45, 7) is 6.85. The van der Waals surface area contributed by atoms with E-state index in [2.05, 4.69) is 5.32 Å². The summed E-state index contributed by atoms with van der Waals surface area (Å²) in [6.07, 6.45) is -1.21. The van der Waals surface area contributed by atoms with E-state index in [0.717, 1.165) is 12.8 Å². The number of alkyl halides is 2. The molecule has 2 fully saturated rings. The van der Waals surface area contributed by atoms with Crippen molar-refractivity contribution in [1.82, 2.24) is 4.90 Å². The molecule has 8 nitrogen and oxygen atoms in total. The number of primary amides is 1. The summed E-state index contributed by atoms with van der Waals surface area (Å²) in [5, 5.41) is 2.47. The first-order valence-corrected chi connectivity index (χ1v) is 10.6. The number of amides is 3. The Bertz CT molecular complexity index is 883. The van der Waals surface area contributed by atoms with Gasteiger partial charge in [-0.05, 0) is 36.5 Å². The fraction of sp³-hybridized carbons (Fsp3) is 0.591. The molecule has 1 saturated carbocycles. The third-order valence-electron chi connectivity index (χ3n) is 5.35. The predicted octanol–water partition coefficient (Wildman–Crippen LogP) is 2.29. The smallest absolute Gasteiger partial charge is 0.265 e. The molecule has 2 aliphatic rings. The Morgan fingerprint density at radius 2 is 2.00 bits per heavy atom. The van der Waals surface area contributed by atoms with Gasteiger partial charge in [-0.1, -0.05) is 20.8 Å². The number of carbonyl (C=O) groups is 3. The largest absolute Gasteiger partial charge is 0.370 e. The van der Waals surface area contributed by atoms with E-state index in [1.165, 1.54) is 23.1 Å². The maximum Gasteiger partial charge on any atom is 0.265 e. The molecule has 1 atom stereocenters. The van der Waals surface area contributed by atoms with Gasteiger partial charge in [0.15, 0.2) is 6.04 Å². The lowest BCUT2D eigenvalue weighted by atomic mass is 9.94. The number of nitrogens with zero attached hydrogens (tertiary/aromatic N) is 2. The van der Waals surface area contributed by atoms with Crippen molar-refractivity contribution in [2.24, 2.45) is 11.1 Å². The summed E-state index contributed by atoms with van der Waals surface area (Å²) in [6, 6.07) is 2.77. The number of carbonyl (C=O) groups excluding carboxylic acids is 3. The lowest BCUT2D eigenvalue weighted by Gasteiger charge is -2.34. The summed E-state index contributed by atoms with van der Waals surface area (Å²) in [7, 11) is 0. The Hall–Kier alpha value is -2.59. The van der Waals surface area contributed by atoms with Crippen LogP contribution in [0, 0.1) is 5.41 Å². The predicted molar refractivity (Wildman–Crippen MR) is 115 cm³/mol. The van der Waals surface area contributed by atoms with Crippen LogP contribution in [0.15, 0.2) is 18.2 Å². The van der Waals surface area contributed by atoms with Crippen molar-refractivity contribution in [2.45, 2.75) is 52.1 Å². The monoisotopic (exact) mass is 452 g/mol. The fourth-order valence-corrected chi connectivity index (χ4v) is 3.83. The Morgan fingerprint density at radius 3 is 2.53 bits per heavy atom. The van der Waals surface area contributed by atoms with E-state index in [-0.39, 0.29) is 36.2 Å².